The minimum absolute atomic E-state index is 0.0300. The number of hydrogen-bond donors (Lipinski definition) is 1. The third-order valence-corrected chi connectivity index (χ3v) is 6.52. The number of aromatic nitrogens is 2. The number of ether oxygens (including phenoxy) is 1. The van der Waals surface area contributed by atoms with E-state index in [-0.39, 0.29) is 20.7 Å². The molecule has 0 bridgehead atoms. The zero-order chi connectivity index (χ0) is 24.0. The Balaban J connectivity index is 1.85. The molecule has 0 fully saturated rings. The average molecular weight is 486 g/mol. The monoisotopic (exact) mass is 486 g/mol. The summed E-state index contributed by atoms with van der Waals surface area (Å²) in [4.78, 5) is 6.14. The summed E-state index contributed by atoms with van der Waals surface area (Å²) in [6.07, 6.45) is -6.53. The third kappa shape index (κ3) is 4.25. The Bertz CT molecular complexity index is 1400. The Morgan fingerprint density at radius 3 is 2.03 bits per heavy atom. The minimum atomic E-state index is -5.12. The highest BCUT2D eigenvalue weighted by Gasteiger charge is 2.42. The molecule has 33 heavy (non-hydrogen) atoms. The first-order chi connectivity index (χ1) is 15.4. The molecule has 0 saturated heterocycles. The summed E-state index contributed by atoms with van der Waals surface area (Å²) < 4.78 is 111. The largest absolute Gasteiger partial charge is 0.456 e. The van der Waals surface area contributed by atoms with E-state index in [1.54, 1.807) is 0 Å². The Morgan fingerprint density at radius 1 is 0.848 bits per heavy atom. The molecule has 0 aliphatic rings. The molecule has 1 N–H and O–H groups in total. The molecule has 2 heterocycles. The van der Waals surface area contributed by atoms with Crippen LogP contribution in [0.25, 0.3) is 10.9 Å². The van der Waals surface area contributed by atoms with Gasteiger partial charge in [0.05, 0.1) is 20.9 Å². The van der Waals surface area contributed by atoms with Crippen LogP contribution >= 0.6 is 0 Å². The fourth-order valence-electron chi connectivity index (χ4n) is 3.22. The molecule has 0 aliphatic carbocycles. The van der Waals surface area contributed by atoms with E-state index < -0.39 is 44.8 Å². The quantitative estimate of drug-likeness (QED) is 0.348. The van der Waals surface area contributed by atoms with Gasteiger partial charge in [-0.2, -0.15) is 26.3 Å². The van der Waals surface area contributed by atoms with E-state index in [2.05, 4.69) is 9.97 Å². The molecule has 2 aromatic heterocycles. The molecule has 4 rings (SSSR count). The predicted octanol–water partition coefficient (Wildman–Crippen LogP) is 6.23. The van der Waals surface area contributed by atoms with Crippen molar-refractivity contribution in [2.75, 3.05) is 0 Å². The zero-order valence-electron chi connectivity index (χ0n) is 16.2. The number of nitrogens with one attached hydrogen (secondary N) is 1. The van der Waals surface area contributed by atoms with Crippen LogP contribution in [0.4, 0.5) is 26.3 Å². The van der Waals surface area contributed by atoms with Crippen LogP contribution in [0, 0.1) is 0 Å². The number of sulfone groups is 1. The van der Waals surface area contributed by atoms with Crippen LogP contribution in [0.1, 0.15) is 11.1 Å². The molecular weight excluding hydrogens is 474 g/mol. The van der Waals surface area contributed by atoms with Crippen molar-refractivity contribution in [2.45, 2.75) is 22.1 Å². The molecular formula is C21H12F6N2O3S. The highest BCUT2D eigenvalue weighted by molar-refractivity contribution is 7.91. The van der Waals surface area contributed by atoms with Gasteiger partial charge in [-0.1, -0.05) is 6.07 Å². The van der Waals surface area contributed by atoms with E-state index in [1.807, 2.05) is 0 Å². The van der Waals surface area contributed by atoms with E-state index in [0.29, 0.717) is 18.2 Å². The summed E-state index contributed by atoms with van der Waals surface area (Å²) in [7, 11) is -4.06. The van der Waals surface area contributed by atoms with Crippen molar-refractivity contribution in [3.63, 3.8) is 0 Å². The van der Waals surface area contributed by atoms with Gasteiger partial charge in [-0.3, -0.25) is 4.98 Å². The van der Waals surface area contributed by atoms with Crippen LogP contribution in [0.2, 0.25) is 0 Å². The molecule has 2 aromatic carbocycles. The Hall–Kier alpha value is -3.54. The topological polar surface area (TPSA) is 72.0 Å². The summed E-state index contributed by atoms with van der Waals surface area (Å²) >= 11 is 0. The smallest absolute Gasteiger partial charge is 0.420 e. The van der Waals surface area contributed by atoms with Crippen molar-refractivity contribution in [1.82, 2.24) is 9.97 Å². The van der Waals surface area contributed by atoms with E-state index in [1.165, 1.54) is 36.8 Å². The van der Waals surface area contributed by atoms with E-state index in [9.17, 15) is 34.8 Å². The second kappa shape index (κ2) is 7.80. The minimum Gasteiger partial charge on any atom is -0.456 e. The molecule has 0 aliphatic heterocycles. The lowest BCUT2D eigenvalue weighted by Crippen LogP contribution is -2.13. The van der Waals surface area contributed by atoms with Gasteiger partial charge in [-0.15, -0.1) is 0 Å². The van der Waals surface area contributed by atoms with Gasteiger partial charge in [0, 0.05) is 29.5 Å². The molecule has 5 nitrogen and oxygen atoms in total. The molecule has 0 saturated carbocycles. The van der Waals surface area contributed by atoms with Gasteiger partial charge in [0.15, 0.2) is 5.75 Å². The predicted molar refractivity (Wildman–Crippen MR) is 105 cm³/mol. The first-order valence-electron chi connectivity index (χ1n) is 9.10. The second-order valence-corrected chi connectivity index (χ2v) is 8.74. The summed E-state index contributed by atoms with van der Waals surface area (Å²) in [5.74, 6) is -1.83. The van der Waals surface area contributed by atoms with Gasteiger partial charge in [0.25, 0.3) is 0 Å². The normalized spacial score (nSPS) is 12.8. The molecule has 4 aromatic rings. The van der Waals surface area contributed by atoms with Crippen molar-refractivity contribution >= 4 is 20.7 Å². The van der Waals surface area contributed by atoms with Crippen molar-refractivity contribution in [1.29, 1.82) is 0 Å². The Labute approximate surface area is 182 Å². The maximum atomic E-state index is 13.4. The maximum Gasteiger partial charge on any atom is 0.420 e. The van der Waals surface area contributed by atoms with Gasteiger partial charge < -0.3 is 9.72 Å². The molecule has 0 unspecified atom stereocenters. The molecule has 12 heteroatoms. The number of para-hydroxylation sites is 1. The first kappa shape index (κ1) is 22.6. The van der Waals surface area contributed by atoms with Gasteiger partial charge in [-0.05, 0) is 42.5 Å². The number of benzene rings is 2. The molecule has 0 radical (unpaired) electrons. The van der Waals surface area contributed by atoms with Crippen molar-refractivity contribution < 1.29 is 39.5 Å². The third-order valence-electron chi connectivity index (χ3n) is 4.71. The number of hydrogen-bond acceptors (Lipinski definition) is 4. The van der Waals surface area contributed by atoms with Crippen LogP contribution in [-0.2, 0) is 22.2 Å². The lowest BCUT2D eigenvalue weighted by molar-refractivity contribution is -0.144. The van der Waals surface area contributed by atoms with Crippen molar-refractivity contribution in [3.8, 4) is 11.5 Å². The summed E-state index contributed by atoms with van der Waals surface area (Å²) in [6, 6.07) is 7.57. The molecule has 0 amide bonds. The van der Waals surface area contributed by atoms with Gasteiger partial charge in [0.2, 0.25) is 9.84 Å². The van der Waals surface area contributed by atoms with E-state index >= 15 is 0 Å². The number of nitrogens with zero attached hydrogens (tertiary/aromatic N) is 1. The number of pyridine rings is 1. The van der Waals surface area contributed by atoms with Crippen molar-refractivity contribution in [3.05, 3.63) is 78.2 Å². The highest BCUT2D eigenvalue weighted by atomic mass is 32.2. The van der Waals surface area contributed by atoms with Crippen LogP contribution in [0.5, 0.6) is 11.5 Å². The highest BCUT2D eigenvalue weighted by Crippen LogP contribution is 2.46. The summed E-state index contributed by atoms with van der Waals surface area (Å²) in [5, 5.41) is 0.0300. The summed E-state index contributed by atoms with van der Waals surface area (Å²) in [6.45, 7) is 0. The average Bonchev–Trinajstić information content (AvgIpc) is 3.17. The fourth-order valence-corrected chi connectivity index (χ4v) is 4.62. The molecule has 0 atom stereocenters. The Kier molecular flexibility index (Phi) is 5.35. The number of aromatic amines is 1. The van der Waals surface area contributed by atoms with Crippen LogP contribution < -0.4 is 4.74 Å². The second-order valence-electron chi connectivity index (χ2n) is 6.83. The number of rotatable bonds is 4. The zero-order valence-corrected chi connectivity index (χ0v) is 17.0. The van der Waals surface area contributed by atoms with Crippen LogP contribution in [-0.4, -0.2) is 18.4 Å². The van der Waals surface area contributed by atoms with Gasteiger partial charge >= 0.3 is 12.4 Å². The van der Waals surface area contributed by atoms with Gasteiger partial charge in [0.1, 0.15) is 5.75 Å². The lowest BCUT2D eigenvalue weighted by Gasteiger charge is -2.19. The van der Waals surface area contributed by atoms with Crippen molar-refractivity contribution in [2.24, 2.45) is 0 Å². The van der Waals surface area contributed by atoms with E-state index in [0.717, 1.165) is 12.1 Å². The molecule has 0 spiro atoms. The number of alkyl halides is 6. The standard InChI is InChI=1S/C21H12F6N2O3S/c22-20(23,24)15-2-1-3-16(21(25,26)27)19(15)32-12-4-5-17-14(10-12)18(11-29-17)33(30,31)13-6-8-28-9-7-13/h1-11,29H. The number of H-pyrrole nitrogens is 1. The maximum absolute atomic E-state index is 13.4. The number of fused-ring (bicyclic) bond motifs is 1. The molecule has 172 valence electrons. The SMILES string of the molecule is O=S(=O)(c1ccncc1)c1c[nH]c2ccc(Oc3c(C(F)(F)F)cccc3C(F)(F)F)cc12. The summed E-state index contributed by atoms with van der Waals surface area (Å²) in [5.41, 5.74) is -2.94. The Morgan fingerprint density at radius 2 is 1.45 bits per heavy atom. The first-order valence-corrected chi connectivity index (χ1v) is 10.6. The van der Waals surface area contributed by atoms with E-state index in [4.69, 9.17) is 4.74 Å². The van der Waals surface area contributed by atoms with Gasteiger partial charge in [-0.25, -0.2) is 8.42 Å². The fraction of sp³-hybridized carbons (Fsp3) is 0.0952. The van der Waals surface area contributed by atoms with Crippen LogP contribution in [0.3, 0.4) is 0 Å². The number of halogens is 6. The lowest BCUT2D eigenvalue weighted by atomic mass is 10.1. The van der Waals surface area contributed by atoms with Crippen LogP contribution in [0.15, 0.2) is 76.9 Å².